The number of likely N-dealkylation sites (tertiary alicyclic amines) is 1. The van der Waals surface area contributed by atoms with E-state index in [9.17, 15) is 9.59 Å². The molecule has 0 radical (unpaired) electrons. The number of ether oxygens (including phenoxy) is 1. The Morgan fingerprint density at radius 2 is 2.27 bits per heavy atom. The molecule has 2 aromatic heterocycles. The second kappa shape index (κ2) is 10.1. The van der Waals surface area contributed by atoms with E-state index >= 15 is 0 Å². The molecule has 1 aliphatic rings. The highest BCUT2D eigenvalue weighted by molar-refractivity contribution is 5.87. The zero-order chi connectivity index (χ0) is 21.5. The van der Waals surface area contributed by atoms with Crippen LogP contribution in [0.15, 0.2) is 47.5 Å². The summed E-state index contributed by atoms with van der Waals surface area (Å²) in [6.07, 6.45) is 8.38. The number of carbonyl (C=O) groups excluding carboxylic acids is 1. The number of likely N-dealkylation sites (N-methyl/N-ethyl adjacent to an activating group) is 1. The van der Waals surface area contributed by atoms with Crippen LogP contribution in [0.4, 0.5) is 5.69 Å². The van der Waals surface area contributed by atoms with Crippen LogP contribution in [0, 0.1) is 0 Å². The monoisotopic (exact) mass is 411 g/mol. The Morgan fingerprint density at radius 3 is 3.00 bits per heavy atom. The fraction of sp³-hybridized carbons (Fsp3) is 0.409. The van der Waals surface area contributed by atoms with Gasteiger partial charge in [-0.3, -0.25) is 9.59 Å². The number of nitrogens with one attached hydrogen (secondary N) is 1. The van der Waals surface area contributed by atoms with E-state index in [-0.39, 0.29) is 17.5 Å². The first-order valence-corrected chi connectivity index (χ1v) is 10.2. The van der Waals surface area contributed by atoms with Gasteiger partial charge in [0.05, 0.1) is 7.11 Å². The highest BCUT2D eigenvalue weighted by Gasteiger charge is 2.28. The summed E-state index contributed by atoms with van der Waals surface area (Å²) in [7, 11) is 1.57. The minimum absolute atomic E-state index is 0.0345. The lowest BCUT2D eigenvalue weighted by molar-refractivity contribution is -0.127. The van der Waals surface area contributed by atoms with Crippen LogP contribution in [0.2, 0.25) is 0 Å². The average molecular weight is 412 g/mol. The summed E-state index contributed by atoms with van der Waals surface area (Å²) in [5.41, 5.74) is 7.69. The molecule has 30 heavy (non-hydrogen) atoms. The molecule has 8 heteroatoms. The summed E-state index contributed by atoms with van der Waals surface area (Å²) in [5, 5.41) is 0. The van der Waals surface area contributed by atoms with Gasteiger partial charge in [-0.25, -0.2) is 4.98 Å². The van der Waals surface area contributed by atoms with Crippen LogP contribution in [-0.4, -0.2) is 60.1 Å². The third-order valence-corrected chi connectivity index (χ3v) is 5.36. The van der Waals surface area contributed by atoms with Crippen molar-refractivity contribution >= 4 is 11.6 Å². The lowest BCUT2D eigenvalue weighted by Crippen LogP contribution is -2.50. The van der Waals surface area contributed by atoms with Crippen LogP contribution in [0.5, 0.6) is 5.88 Å². The van der Waals surface area contributed by atoms with Gasteiger partial charge in [-0.1, -0.05) is 6.08 Å². The topological polar surface area (TPSA) is 105 Å². The minimum Gasteiger partial charge on any atom is -0.481 e. The Bertz CT molecular complexity index is 956. The third kappa shape index (κ3) is 4.88. The van der Waals surface area contributed by atoms with Crippen molar-refractivity contribution in [2.75, 3.05) is 38.2 Å². The zero-order valence-electron chi connectivity index (χ0n) is 17.5. The summed E-state index contributed by atoms with van der Waals surface area (Å²) in [6.45, 7) is 4.32. The molecule has 1 atom stereocenters. The zero-order valence-corrected chi connectivity index (χ0v) is 17.5. The maximum atomic E-state index is 12.7. The Morgan fingerprint density at radius 1 is 1.43 bits per heavy atom. The number of nitrogens with zero attached hydrogens (tertiary/aromatic N) is 3. The fourth-order valence-corrected chi connectivity index (χ4v) is 3.86. The SMILES string of the molecule is CCN(c1cc(-c2ccnc(OC)c2)c[nH]c1=O)[C@@H]1CCCN(C(=O)/C=C/CN)C1. The molecule has 1 amide bonds. The van der Waals surface area contributed by atoms with E-state index in [1.807, 2.05) is 30.0 Å². The molecule has 1 saturated heterocycles. The Balaban J connectivity index is 1.88. The maximum Gasteiger partial charge on any atom is 0.271 e. The van der Waals surface area contributed by atoms with Crippen LogP contribution in [0.25, 0.3) is 11.1 Å². The molecule has 1 fully saturated rings. The number of H-pyrrole nitrogens is 1. The summed E-state index contributed by atoms with van der Waals surface area (Å²) in [4.78, 5) is 36.0. The number of anilines is 1. The van der Waals surface area contributed by atoms with Crippen molar-refractivity contribution in [2.45, 2.75) is 25.8 Å². The second-order valence-corrected chi connectivity index (χ2v) is 7.19. The van der Waals surface area contributed by atoms with Gasteiger partial charge in [0, 0.05) is 62.3 Å². The van der Waals surface area contributed by atoms with E-state index in [0.29, 0.717) is 31.2 Å². The first kappa shape index (κ1) is 21.6. The molecule has 0 aromatic carbocycles. The van der Waals surface area contributed by atoms with Crippen molar-refractivity contribution < 1.29 is 9.53 Å². The van der Waals surface area contributed by atoms with E-state index in [2.05, 4.69) is 14.9 Å². The third-order valence-electron chi connectivity index (χ3n) is 5.36. The predicted molar refractivity (Wildman–Crippen MR) is 118 cm³/mol. The molecule has 0 bridgehead atoms. The number of methoxy groups -OCH3 is 1. The van der Waals surface area contributed by atoms with Crippen molar-refractivity contribution in [1.29, 1.82) is 0 Å². The summed E-state index contributed by atoms with van der Waals surface area (Å²) < 4.78 is 5.21. The molecule has 1 aliphatic heterocycles. The first-order valence-electron chi connectivity index (χ1n) is 10.2. The minimum atomic E-state index is -0.145. The molecule has 2 aromatic rings. The van der Waals surface area contributed by atoms with Crippen molar-refractivity contribution in [2.24, 2.45) is 5.73 Å². The van der Waals surface area contributed by atoms with Crippen molar-refractivity contribution in [3.8, 4) is 17.0 Å². The molecule has 160 valence electrons. The maximum absolute atomic E-state index is 12.7. The number of piperidine rings is 1. The van der Waals surface area contributed by atoms with Gasteiger partial charge in [0.15, 0.2) is 0 Å². The molecule has 0 saturated carbocycles. The van der Waals surface area contributed by atoms with E-state index < -0.39 is 0 Å². The quantitative estimate of drug-likeness (QED) is 0.673. The summed E-state index contributed by atoms with van der Waals surface area (Å²) >= 11 is 0. The molecule has 3 N–H and O–H groups in total. The smallest absolute Gasteiger partial charge is 0.271 e. The Labute approximate surface area is 176 Å². The van der Waals surface area contributed by atoms with Crippen LogP contribution < -0.4 is 20.9 Å². The van der Waals surface area contributed by atoms with Crippen molar-refractivity contribution in [3.05, 3.63) is 53.1 Å². The number of hydrogen-bond acceptors (Lipinski definition) is 6. The Kier molecular flexibility index (Phi) is 7.24. The van der Waals surface area contributed by atoms with E-state index in [1.165, 1.54) is 6.08 Å². The normalized spacial score (nSPS) is 16.6. The lowest BCUT2D eigenvalue weighted by Gasteiger charge is -2.39. The summed E-state index contributed by atoms with van der Waals surface area (Å²) in [5.74, 6) is 0.479. The van der Waals surface area contributed by atoms with Crippen LogP contribution in [0.1, 0.15) is 19.8 Å². The van der Waals surface area contributed by atoms with Gasteiger partial charge in [-0.05, 0) is 37.5 Å². The van der Waals surface area contributed by atoms with Gasteiger partial charge < -0.3 is 25.3 Å². The number of amides is 1. The molecule has 0 aliphatic carbocycles. The van der Waals surface area contributed by atoms with Gasteiger partial charge in [-0.2, -0.15) is 0 Å². The molecule has 3 rings (SSSR count). The molecule has 0 unspecified atom stereocenters. The van der Waals surface area contributed by atoms with Crippen molar-refractivity contribution in [1.82, 2.24) is 14.9 Å². The number of rotatable bonds is 7. The van der Waals surface area contributed by atoms with Gasteiger partial charge in [0.2, 0.25) is 11.8 Å². The van der Waals surface area contributed by atoms with Crippen LogP contribution in [-0.2, 0) is 4.79 Å². The fourth-order valence-electron chi connectivity index (χ4n) is 3.86. The molecule has 8 nitrogen and oxygen atoms in total. The van der Waals surface area contributed by atoms with E-state index in [4.69, 9.17) is 10.5 Å². The average Bonchev–Trinajstić information content (AvgIpc) is 2.79. The number of aromatic amines is 1. The molecular formula is C22H29N5O3. The standard InChI is InChI=1S/C22H29N5O3/c1-3-27(18-6-5-11-26(15-18)21(28)7-4-9-23)19-12-17(14-25-22(19)29)16-8-10-24-20(13-16)30-2/h4,7-8,10,12-14,18H,3,5-6,9,11,15,23H2,1-2H3,(H,25,29)/b7-4+/t18-/m1/s1. The van der Waals surface area contributed by atoms with Gasteiger partial charge in [-0.15, -0.1) is 0 Å². The van der Waals surface area contributed by atoms with Gasteiger partial charge in [0.1, 0.15) is 5.69 Å². The predicted octanol–water partition coefficient (Wildman–Crippen LogP) is 1.78. The number of pyridine rings is 2. The largest absolute Gasteiger partial charge is 0.481 e. The second-order valence-electron chi connectivity index (χ2n) is 7.19. The molecular weight excluding hydrogens is 382 g/mol. The number of nitrogens with two attached hydrogens (primary N) is 1. The number of hydrogen-bond donors (Lipinski definition) is 2. The van der Waals surface area contributed by atoms with Crippen LogP contribution in [0.3, 0.4) is 0 Å². The van der Waals surface area contributed by atoms with Gasteiger partial charge in [0.25, 0.3) is 5.56 Å². The number of carbonyl (C=O) groups is 1. The van der Waals surface area contributed by atoms with Crippen LogP contribution >= 0.6 is 0 Å². The highest BCUT2D eigenvalue weighted by atomic mass is 16.5. The van der Waals surface area contributed by atoms with E-state index in [1.54, 1.807) is 25.6 Å². The van der Waals surface area contributed by atoms with E-state index in [0.717, 1.165) is 30.5 Å². The van der Waals surface area contributed by atoms with Crippen molar-refractivity contribution in [3.63, 3.8) is 0 Å². The number of aromatic nitrogens is 2. The molecule has 0 spiro atoms. The lowest BCUT2D eigenvalue weighted by atomic mass is 10.0. The highest BCUT2D eigenvalue weighted by Crippen LogP contribution is 2.26. The summed E-state index contributed by atoms with van der Waals surface area (Å²) in [6, 6.07) is 5.67. The molecule has 3 heterocycles. The first-order chi connectivity index (χ1) is 14.6. The van der Waals surface area contributed by atoms with Gasteiger partial charge >= 0.3 is 0 Å². The Hall–Kier alpha value is -3.13.